The van der Waals surface area contributed by atoms with Crippen LogP contribution in [0.3, 0.4) is 0 Å². The van der Waals surface area contributed by atoms with Crippen LogP contribution in [0, 0.1) is 0 Å². The second-order valence-electron chi connectivity index (χ2n) is 5.94. The molecule has 24 heavy (non-hydrogen) atoms. The minimum atomic E-state index is -3.48. The van der Waals surface area contributed by atoms with Gasteiger partial charge < -0.3 is 4.57 Å². The molecule has 0 spiro atoms. The third kappa shape index (κ3) is 3.34. The Kier molecular flexibility index (Phi) is 4.69. The summed E-state index contributed by atoms with van der Waals surface area (Å²) in [5.74, 6) is 0.891. The molecule has 0 amide bonds. The highest BCUT2D eigenvalue weighted by Gasteiger charge is 2.15. The normalized spacial score (nSPS) is 12.1. The Morgan fingerprint density at radius 1 is 1.04 bits per heavy atom. The number of benzene rings is 2. The zero-order valence-corrected chi connectivity index (χ0v) is 14.6. The van der Waals surface area contributed by atoms with Crippen LogP contribution in [0.4, 0.5) is 0 Å². The number of sulfonamides is 1. The number of fused-ring (bicyclic) bond motifs is 1. The van der Waals surface area contributed by atoms with Crippen molar-refractivity contribution in [3.63, 3.8) is 0 Å². The molecule has 0 radical (unpaired) electrons. The molecule has 5 nitrogen and oxygen atoms in total. The van der Waals surface area contributed by atoms with Gasteiger partial charge in [0.2, 0.25) is 10.0 Å². The van der Waals surface area contributed by atoms with Crippen LogP contribution in [-0.2, 0) is 16.4 Å². The lowest BCUT2D eigenvalue weighted by Gasteiger charge is -2.13. The fourth-order valence-corrected chi connectivity index (χ4v) is 3.88. The average molecular weight is 343 g/mol. The summed E-state index contributed by atoms with van der Waals surface area (Å²) in [6.07, 6.45) is 0.541. The minimum Gasteiger partial charge on any atom is -0.325 e. The number of imidazole rings is 1. The molecule has 1 heterocycles. The van der Waals surface area contributed by atoms with E-state index in [4.69, 9.17) is 0 Å². The van der Waals surface area contributed by atoms with Crippen LogP contribution in [0.15, 0.2) is 59.5 Å². The Bertz CT molecular complexity index is 931. The number of hydrogen-bond donors (Lipinski definition) is 1. The summed E-state index contributed by atoms with van der Waals surface area (Å²) in [6, 6.07) is 16.6. The Morgan fingerprint density at radius 2 is 1.71 bits per heavy atom. The molecule has 0 aliphatic carbocycles. The molecule has 0 fully saturated rings. The maximum atomic E-state index is 12.3. The molecule has 0 saturated heterocycles. The molecular formula is C18H21N3O2S. The van der Waals surface area contributed by atoms with E-state index in [2.05, 4.69) is 28.1 Å². The highest BCUT2D eigenvalue weighted by atomic mass is 32.2. The van der Waals surface area contributed by atoms with E-state index in [9.17, 15) is 8.42 Å². The third-order valence-electron chi connectivity index (χ3n) is 3.88. The second-order valence-corrected chi connectivity index (χ2v) is 7.71. The van der Waals surface area contributed by atoms with Crippen molar-refractivity contribution in [2.75, 3.05) is 6.54 Å². The molecule has 6 heteroatoms. The van der Waals surface area contributed by atoms with Gasteiger partial charge in [-0.1, -0.05) is 30.3 Å². The van der Waals surface area contributed by atoms with Crippen molar-refractivity contribution in [1.82, 2.24) is 14.3 Å². The Hall–Kier alpha value is -2.18. The predicted octanol–water partition coefficient (Wildman–Crippen LogP) is 3.14. The molecule has 0 atom stereocenters. The highest BCUT2D eigenvalue weighted by Crippen LogP contribution is 2.21. The van der Waals surface area contributed by atoms with Gasteiger partial charge in [-0.15, -0.1) is 0 Å². The second kappa shape index (κ2) is 6.75. The number of rotatable bonds is 6. The molecule has 3 rings (SSSR count). The van der Waals surface area contributed by atoms with Crippen molar-refractivity contribution >= 4 is 21.1 Å². The van der Waals surface area contributed by atoms with Crippen LogP contribution in [0.25, 0.3) is 11.0 Å². The summed E-state index contributed by atoms with van der Waals surface area (Å²) >= 11 is 0. The predicted molar refractivity (Wildman–Crippen MR) is 95.5 cm³/mol. The molecule has 0 saturated carbocycles. The van der Waals surface area contributed by atoms with E-state index in [0.717, 1.165) is 16.9 Å². The Labute approximate surface area is 142 Å². The van der Waals surface area contributed by atoms with Crippen molar-refractivity contribution < 1.29 is 8.42 Å². The first kappa shape index (κ1) is 16.7. The summed E-state index contributed by atoms with van der Waals surface area (Å²) in [5, 5.41) is 0. The van der Waals surface area contributed by atoms with Crippen molar-refractivity contribution in [3.8, 4) is 0 Å². The van der Waals surface area contributed by atoms with E-state index in [0.29, 0.717) is 13.0 Å². The largest absolute Gasteiger partial charge is 0.325 e. The first-order chi connectivity index (χ1) is 11.5. The fourth-order valence-electron chi connectivity index (χ4n) is 2.83. The van der Waals surface area contributed by atoms with E-state index < -0.39 is 10.0 Å². The number of hydrogen-bond acceptors (Lipinski definition) is 3. The van der Waals surface area contributed by atoms with E-state index >= 15 is 0 Å². The highest BCUT2D eigenvalue weighted by molar-refractivity contribution is 7.89. The van der Waals surface area contributed by atoms with Gasteiger partial charge >= 0.3 is 0 Å². The molecule has 0 aliphatic heterocycles. The molecule has 3 aromatic rings. The molecule has 0 unspecified atom stereocenters. The maximum Gasteiger partial charge on any atom is 0.240 e. The van der Waals surface area contributed by atoms with Crippen molar-refractivity contribution in [2.24, 2.45) is 0 Å². The van der Waals surface area contributed by atoms with E-state index in [-0.39, 0.29) is 10.9 Å². The van der Waals surface area contributed by atoms with Gasteiger partial charge in [0.1, 0.15) is 5.82 Å². The van der Waals surface area contributed by atoms with Crippen LogP contribution in [0.5, 0.6) is 0 Å². The van der Waals surface area contributed by atoms with Crippen LogP contribution in [0.2, 0.25) is 0 Å². The number of para-hydroxylation sites is 2. The standard InChI is InChI=1S/C18H21N3O2S/c1-14(2)21-17-11-7-6-10-16(17)20-18(21)12-13-19-24(22,23)15-8-4-3-5-9-15/h3-11,14,19H,12-13H2,1-2H3. The van der Waals surface area contributed by atoms with Crippen LogP contribution < -0.4 is 4.72 Å². The van der Waals surface area contributed by atoms with Gasteiger partial charge in [0, 0.05) is 19.0 Å². The summed E-state index contributed by atoms with van der Waals surface area (Å²) in [5.41, 5.74) is 2.01. The molecule has 0 bridgehead atoms. The van der Waals surface area contributed by atoms with Gasteiger partial charge in [0.25, 0.3) is 0 Å². The maximum absolute atomic E-state index is 12.3. The van der Waals surface area contributed by atoms with Gasteiger partial charge in [-0.2, -0.15) is 0 Å². The van der Waals surface area contributed by atoms with Gasteiger partial charge in [-0.05, 0) is 38.1 Å². The number of nitrogens with zero attached hydrogens (tertiary/aromatic N) is 2. The fraction of sp³-hybridized carbons (Fsp3) is 0.278. The van der Waals surface area contributed by atoms with Crippen molar-refractivity contribution in [1.29, 1.82) is 0 Å². The van der Waals surface area contributed by atoms with Gasteiger partial charge in [-0.3, -0.25) is 0 Å². The zero-order valence-electron chi connectivity index (χ0n) is 13.8. The summed E-state index contributed by atoms with van der Waals surface area (Å²) < 4.78 is 29.4. The lowest BCUT2D eigenvalue weighted by molar-refractivity contribution is 0.567. The summed E-state index contributed by atoms with van der Waals surface area (Å²) in [4.78, 5) is 4.93. The molecule has 0 aliphatic rings. The quantitative estimate of drug-likeness (QED) is 0.748. The molecule has 1 aromatic heterocycles. The lowest BCUT2D eigenvalue weighted by Crippen LogP contribution is -2.26. The van der Waals surface area contributed by atoms with Crippen LogP contribution in [0.1, 0.15) is 25.7 Å². The molecule has 1 N–H and O–H groups in total. The first-order valence-corrected chi connectivity index (χ1v) is 9.48. The SMILES string of the molecule is CC(C)n1c(CCNS(=O)(=O)c2ccccc2)nc2ccccc21. The summed E-state index contributed by atoms with van der Waals surface area (Å²) in [6.45, 7) is 4.52. The lowest BCUT2D eigenvalue weighted by atomic mass is 10.3. The third-order valence-corrected chi connectivity index (χ3v) is 5.36. The Morgan fingerprint density at radius 3 is 2.42 bits per heavy atom. The van der Waals surface area contributed by atoms with E-state index in [1.807, 2.05) is 24.3 Å². The topological polar surface area (TPSA) is 64.0 Å². The van der Waals surface area contributed by atoms with Crippen LogP contribution >= 0.6 is 0 Å². The van der Waals surface area contributed by atoms with Crippen molar-refractivity contribution in [2.45, 2.75) is 31.2 Å². The van der Waals surface area contributed by atoms with Crippen LogP contribution in [-0.4, -0.2) is 24.5 Å². The van der Waals surface area contributed by atoms with E-state index in [1.54, 1.807) is 30.3 Å². The van der Waals surface area contributed by atoms with E-state index in [1.165, 1.54) is 0 Å². The summed E-state index contributed by atoms with van der Waals surface area (Å²) in [7, 11) is -3.48. The number of aromatic nitrogens is 2. The first-order valence-electron chi connectivity index (χ1n) is 7.99. The minimum absolute atomic E-state index is 0.262. The van der Waals surface area contributed by atoms with Gasteiger partial charge in [0.15, 0.2) is 0 Å². The van der Waals surface area contributed by atoms with Gasteiger partial charge in [-0.25, -0.2) is 18.1 Å². The molecule has 2 aromatic carbocycles. The average Bonchev–Trinajstić information content (AvgIpc) is 2.94. The Balaban J connectivity index is 1.78. The monoisotopic (exact) mass is 343 g/mol. The van der Waals surface area contributed by atoms with Crippen molar-refractivity contribution in [3.05, 3.63) is 60.4 Å². The molecular weight excluding hydrogens is 322 g/mol. The number of nitrogens with one attached hydrogen (secondary N) is 1. The zero-order chi connectivity index (χ0) is 17.2. The van der Waals surface area contributed by atoms with Gasteiger partial charge in [0.05, 0.1) is 15.9 Å². The molecule has 126 valence electrons. The smallest absolute Gasteiger partial charge is 0.240 e.